The van der Waals surface area contributed by atoms with Gasteiger partial charge in [-0.1, -0.05) is 30.3 Å². The van der Waals surface area contributed by atoms with Gasteiger partial charge in [0.2, 0.25) is 0 Å². The molecule has 16 heavy (non-hydrogen) atoms. The average Bonchev–Trinajstić information content (AvgIpc) is 3.01. The maximum Gasteiger partial charge on any atom is 0.313 e. The monoisotopic (exact) mass is 220 g/mol. The summed E-state index contributed by atoms with van der Waals surface area (Å²) in [5, 5.41) is 19.6. The summed E-state index contributed by atoms with van der Waals surface area (Å²) < 4.78 is 0. The fourth-order valence-electron chi connectivity index (χ4n) is 2.28. The summed E-state index contributed by atoms with van der Waals surface area (Å²) >= 11 is 0. The summed E-state index contributed by atoms with van der Waals surface area (Å²) in [4.78, 5) is 11.3. The van der Waals surface area contributed by atoms with Crippen LogP contribution in [0.3, 0.4) is 0 Å². The van der Waals surface area contributed by atoms with Gasteiger partial charge in [0.25, 0.3) is 0 Å². The number of carboxylic acid groups (broad SMARTS) is 1. The van der Waals surface area contributed by atoms with Crippen molar-refractivity contribution in [1.82, 2.24) is 0 Å². The molecule has 2 rings (SSSR count). The van der Waals surface area contributed by atoms with Crippen LogP contribution in [-0.2, 0) is 4.79 Å². The summed E-state index contributed by atoms with van der Waals surface area (Å²) in [5.41, 5.74) is -0.473. The van der Waals surface area contributed by atoms with Gasteiger partial charge in [0.15, 0.2) is 0 Å². The number of aliphatic carboxylic acids is 1. The zero-order chi connectivity index (χ0) is 11.8. The summed E-state index contributed by atoms with van der Waals surface area (Å²) in [6.07, 6.45) is 1.84. The van der Waals surface area contributed by atoms with Gasteiger partial charge in [-0.05, 0) is 31.2 Å². The lowest BCUT2D eigenvalue weighted by atomic mass is 9.80. The predicted octanol–water partition coefficient (Wildman–Crippen LogP) is 2.02. The summed E-state index contributed by atoms with van der Waals surface area (Å²) in [6.45, 7) is 1.64. The van der Waals surface area contributed by atoms with Crippen molar-refractivity contribution < 1.29 is 15.0 Å². The van der Waals surface area contributed by atoms with E-state index in [1.807, 2.05) is 6.07 Å². The molecule has 0 radical (unpaired) electrons. The molecule has 2 atom stereocenters. The van der Waals surface area contributed by atoms with Crippen LogP contribution in [0.1, 0.15) is 31.2 Å². The Balaban J connectivity index is 2.34. The third-order valence-corrected chi connectivity index (χ3v) is 3.37. The molecule has 86 valence electrons. The Morgan fingerprint density at radius 2 is 1.94 bits per heavy atom. The number of hydrogen-bond acceptors (Lipinski definition) is 2. The molecular weight excluding hydrogens is 204 g/mol. The molecule has 3 nitrogen and oxygen atoms in total. The van der Waals surface area contributed by atoms with Gasteiger partial charge >= 0.3 is 5.97 Å². The lowest BCUT2D eigenvalue weighted by Gasteiger charge is -2.30. The number of rotatable bonds is 4. The molecule has 0 amide bonds. The van der Waals surface area contributed by atoms with E-state index in [-0.39, 0.29) is 5.92 Å². The van der Waals surface area contributed by atoms with Gasteiger partial charge in [0.1, 0.15) is 5.92 Å². The van der Waals surface area contributed by atoms with E-state index in [1.54, 1.807) is 31.2 Å². The molecule has 0 bridgehead atoms. The molecule has 0 unspecified atom stereocenters. The van der Waals surface area contributed by atoms with Gasteiger partial charge < -0.3 is 10.2 Å². The fourth-order valence-corrected chi connectivity index (χ4v) is 2.28. The van der Waals surface area contributed by atoms with Gasteiger partial charge in [-0.2, -0.15) is 0 Å². The van der Waals surface area contributed by atoms with Gasteiger partial charge in [-0.3, -0.25) is 4.79 Å². The number of benzene rings is 1. The summed E-state index contributed by atoms with van der Waals surface area (Å²) in [6, 6.07) is 8.96. The third-order valence-electron chi connectivity index (χ3n) is 3.37. The first-order valence-corrected chi connectivity index (χ1v) is 5.53. The fraction of sp³-hybridized carbons (Fsp3) is 0.462. The third kappa shape index (κ3) is 1.95. The normalized spacial score (nSPS) is 21.1. The average molecular weight is 220 g/mol. The smallest absolute Gasteiger partial charge is 0.313 e. The second-order valence-electron chi connectivity index (χ2n) is 4.68. The molecule has 1 aliphatic rings. The van der Waals surface area contributed by atoms with Crippen molar-refractivity contribution in [2.45, 2.75) is 31.3 Å². The van der Waals surface area contributed by atoms with E-state index in [0.29, 0.717) is 5.56 Å². The van der Waals surface area contributed by atoms with E-state index in [4.69, 9.17) is 0 Å². The van der Waals surface area contributed by atoms with E-state index < -0.39 is 17.5 Å². The van der Waals surface area contributed by atoms with E-state index in [2.05, 4.69) is 0 Å². The number of hydrogen-bond donors (Lipinski definition) is 2. The first kappa shape index (κ1) is 11.1. The first-order chi connectivity index (χ1) is 7.53. The Kier molecular flexibility index (Phi) is 2.72. The van der Waals surface area contributed by atoms with Crippen LogP contribution in [0, 0.1) is 5.92 Å². The molecule has 1 aromatic carbocycles. The van der Waals surface area contributed by atoms with Crippen molar-refractivity contribution >= 4 is 5.97 Å². The molecule has 3 heteroatoms. The van der Waals surface area contributed by atoms with Crippen LogP contribution in [0.4, 0.5) is 0 Å². The van der Waals surface area contributed by atoms with Crippen LogP contribution in [0.2, 0.25) is 0 Å². The van der Waals surface area contributed by atoms with Crippen LogP contribution in [0.5, 0.6) is 0 Å². The van der Waals surface area contributed by atoms with Gasteiger partial charge in [0.05, 0.1) is 5.60 Å². The topological polar surface area (TPSA) is 57.5 Å². The van der Waals surface area contributed by atoms with Crippen molar-refractivity contribution in [2.75, 3.05) is 0 Å². The number of aliphatic hydroxyl groups is 1. The van der Waals surface area contributed by atoms with Gasteiger partial charge in [0, 0.05) is 0 Å². The number of carbonyl (C=O) groups is 1. The first-order valence-electron chi connectivity index (χ1n) is 5.53. The number of carboxylic acids is 1. The van der Waals surface area contributed by atoms with Crippen molar-refractivity contribution in [3.63, 3.8) is 0 Å². The van der Waals surface area contributed by atoms with Crippen LogP contribution >= 0.6 is 0 Å². The molecule has 0 aliphatic heterocycles. The molecule has 2 N–H and O–H groups in total. The Bertz CT molecular complexity index is 379. The van der Waals surface area contributed by atoms with Gasteiger partial charge in [-0.25, -0.2) is 0 Å². The van der Waals surface area contributed by atoms with Crippen LogP contribution in [-0.4, -0.2) is 21.8 Å². The Morgan fingerprint density at radius 1 is 1.38 bits per heavy atom. The molecule has 0 spiro atoms. The molecule has 1 aromatic rings. The summed E-state index contributed by atoms with van der Waals surface area (Å²) in [7, 11) is 0. The highest BCUT2D eigenvalue weighted by Crippen LogP contribution is 2.46. The largest absolute Gasteiger partial charge is 0.481 e. The standard InChI is InChI=1S/C13H16O3/c1-13(16,10-7-8-10)11(12(14)15)9-5-3-2-4-6-9/h2-6,10-11,16H,7-8H2,1H3,(H,14,15)/t11-,13+/m0/s1. The molecule has 0 heterocycles. The second-order valence-corrected chi connectivity index (χ2v) is 4.68. The molecule has 1 saturated carbocycles. The lowest BCUT2D eigenvalue weighted by molar-refractivity contribution is -0.146. The Morgan fingerprint density at radius 3 is 2.38 bits per heavy atom. The van der Waals surface area contributed by atoms with E-state index in [9.17, 15) is 15.0 Å². The lowest BCUT2D eigenvalue weighted by Crippen LogP contribution is -2.39. The molecule has 1 aliphatic carbocycles. The highest BCUT2D eigenvalue weighted by atomic mass is 16.4. The van der Waals surface area contributed by atoms with Crippen LogP contribution < -0.4 is 0 Å². The quantitative estimate of drug-likeness (QED) is 0.816. The van der Waals surface area contributed by atoms with Crippen LogP contribution in [0.25, 0.3) is 0 Å². The van der Waals surface area contributed by atoms with E-state index >= 15 is 0 Å². The maximum atomic E-state index is 11.3. The van der Waals surface area contributed by atoms with Crippen molar-refractivity contribution in [3.8, 4) is 0 Å². The van der Waals surface area contributed by atoms with Crippen molar-refractivity contribution in [3.05, 3.63) is 35.9 Å². The van der Waals surface area contributed by atoms with E-state index in [1.165, 1.54) is 0 Å². The minimum atomic E-state index is -1.15. The summed E-state index contributed by atoms with van der Waals surface area (Å²) in [5.74, 6) is -1.67. The van der Waals surface area contributed by atoms with Gasteiger partial charge in [-0.15, -0.1) is 0 Å². The zero-order valence-electron chi connectivity index (χ0n) is 9.26. The molecule has 0 aromatic heterocycles. The van der Waals surface area contributed by atoms with Crippen molar-refractivity contribution in [2.24, 2.45) is 5.92 Å². The Hall–Kier alpha value is -1.35. The zero-order valence-corrected chi connectivity index (χ0v) is 9.26. The molecule has 0 saturated heterocycles. The minimum absolute atomic E-state index is 0.119. The molecule has 1 fully saturated rings. The molecular formula is C13H16O3. The highest BCUT2D eigenvalue weighted by molar-refractivity contribution is 5.78. The maximum absolute atomic E-state index is 11.3. The SMILES string of the molecule is C[C@@](O)(C1CC1)[C@H](C(=O)O)c1ccccc1. The van der Waals surface area contributed by atoms with Crippen molar-refractivity contribution in [1.29, 1.82) is 0 Å². The minimum Gasteiger partial charge on any atom is -0.481 e. The van der Waals surface area contributed by atoms with Crippen LogP contribution in [0.15, 0.2) is 30.3 Å². The predicted molar refractivity (Wildman–Crippen MR) is 60.2 cm³/mol. The van der Waals surface area contributed by atoms with E-state index in [0.717, 1.165) is 12.8 Å². The second kappa shape index (κ2) is 3.91. The highest BCUT2D eigenvalue weighted by Gasteiger charge is 2.49. The Labute approximate surface area is 94.7 Å².